The van der Waals surface area contributed by atoms with E-state index in [2.05, 4.69) is 17.1 Å². The maximum Gasteiger partial charge on any atom is 0.266 e. The van der Waals surface area contributed by atoms with Crippen LogP contribution < -0.4 is 0 Å². The Morgan fingerprint density at radius 3 is 2.75 bits per heavy atom. The molecule has 1 unspecified atom stereocenters. The Kier molecular flexibility index (Phi) is 4.74. The first kappa shape index (κ1) is 17.1. The molecular weight excluding hydrogens is 320 g/mol. The fourth-order valence-corrected chi connectivity index (χ4v) is 4.43. The molecule has 1 atom stereocenters. The number of nitrogens with zero attached hydrogens (tertiary/aromatic N) is 2. The number of thiazole rings is 1. The van der Waals surface area contributed by atoms with E-state index in [1.54, 1.807) is 13.8 Å². The van der Waals surface area contributed by atoms with Crippen LogP contribution in [0.25, 0.3) is 0 Å². The summed E-state index contributed by atoms with van der Waals surface area (Å²) in [4.78, 5) is 20.1. The number of aryl methyl sites for hydroxylation is 1. The molecule has 5 heteroatoms. The largest absolute Gasteiger partial charge is 0.388 e. The van der Waals surface area contributed by atoms with Gasteiger partial charge in [-0.3, -0.25) is 4.79 Å². The molecule has 0 bridgehead atoms. The summed E-state index contributed by atoms with van der Waals surface area (Å²) in [5, 5.41) is 11.3. The first-order valence-corrected chi connectivity index (χ1v) is 9.21. The molecule has 0 radical (unpaired) electrons. The Balaban J connectivity index is 1.81. The number of rotatable bonds is 4. The Morgan fingerprint density at radius 1 is 1.38 bits per heavy atom. The monoisotopic (exact) mass is 344 g/mol. The quantitative estimate of drug-likeness (QED) is 0.925. The summed E-state index contributed by atoms with van der Waals surface area (Å²) in [5.41, 5.74) is 1.11. The van der Waals surface area contributed by atoms with E-state index in [0.717, 1.165) is 30.0 Å². The number of carbonyl (C=O) groups is 1. The van der Waals surface area contributed by atoms with Crippen molar-refractivity contribution in [2.45, 2.75) is 51.7 Å². The lowest BCUT2D eigenvalue weighted by Crippen LogP contribution is -2.48. The van der Waals surface area contributed by atoms with Crippen LogP contribution in [0.5, 0.6) is 0 Å². The van der Waals surface area contributed by atoms with E-state index in [1.165, 1.54) is 16.9 Å². The van der Waals surface area contributed by atoms with E-state index in [4.69, 9.17) is 0 Å². The van der Waals surface area contributed by atoms with Crippen molar-refractivity contribution in [3.63, 3.8) is 0 Å². The van der Waals surface area contributed by atoms with Gasteiger partial charge in [0.1, 0.15) is 4.88 Å². The number of likely N-dealkylation sites (tertiary alicyclic amines) is 1. The number of carbonyl (C=O) groups excluding carboxylic acids is 1. The molecule has 24 heavy (non-hydrogen) atoms. The third-order valence-corrected chi connectivity index (χ3v) is 5.71. The second-order valence-corrected chi connectivity index (χ2v) is 8.08. The van der Waals surface area contributed by atoms with Crippen molar-refractivity contribution in [2.24, 2.45) is 0 Å². The fourth-order valence-electron chi connectivity index (χ4n) is 3.37. The van der Waals surface area contributed by atoms with E-state index in [0.29, 0.717) is 11.4 Å². The zero-order valence-electron chi connectivity index (χ0n) is 14.5. The molecule has 1 N–H and O–H groups in total. The van der Waals surface area contributed by atoms with Gasteiger partial charge in [-0.15, -0.1) is 11.3 Å². The lowest BCUT2D eigenvalue weighted by Gasteiger charge is -2.33. The highest BCUT2D eigenvalue weighted by Crippen LogP contribution is 2.30. The predicted octanol–water partition coefficient (Wildman–Crippen LogP) is 3.42. The van der Waals surface area contributed by atoms with Crippen LogP contribution in [-0.2, 0) is 6.42 Å². The van der Waals surface area contributed by atoms with Crippen molar-refractivity contribution in [1.29, 1.82) is 0 Å². The number of hydrogen-bond donors (Lipinski definition) is 1. The van der Waals surface area contributed by atoms with Crippen LogP contribution in [0, 0.1) is 6.92 Å². The maximum atomic E-state index is 13.0. The first-order chi connectivity index (χ1) is 11.4. The molecule has 1 fully saturated rings. The molecule has 1 aliphatic heterocycles. The van der Waals surface area contributed by atoms with Crippen LogP contribution in [0.1, 0.15) is 52.6 Å². The summed E-state index contributed by atoms with van der Waals surface area (Å²) < 4.78 is 0. The zero-order valence-corrected chi connectivity index (χ0v) is 15.3. The van der Waals surface area contributed by atoms with Gasteiger partial charge >= 0.3 is 0 Å². The SMILES string of the molecule is Cc1nc(Cc2ccccc2)sc1C(=O)N1CCCC1C(C)(C)O. The Hall–Kier alpha value is -1.72. The molecule has 1 saturated heterocycles. The summed E-state index contributed by atoms with van der Waals surface area (Å²) >= 11 is 1.48. The predicted molar refractivity (Wildman–Crippen MR) is 96.5 cm³/mol. The maximum absolute atomic E-state index is 13.0. The van der Waals surface area contributed by atoms with Gasteiger partial charge in [-0.05, 0) is 39.2 Å². The molecular formula is C19H24N2O2S. The van der Waals surface area contributed by atoms with E-state index in [9.17, 15) is 9.90 Å². The summed E-state index contributed by atoms with van der Waals surface area (Å²) in [6.45, 7) is 6.17. The summed E-state index contributed by atoms with van der Waals surface area (Å²) in [6, 6.07) is 10.0. The standard InChI is InChI=1S/C19H24N2O2S/c1-13-17(18(22)21-11-7-10-15(21)19(2,3)23)24-16(20-13)12-14-8-5-4-6-9-14/h4-6,8-9,15,23H,7,10-12H2,1-3H3. The average Bonchev–Trinajstić information content (AvgIpc) is 3.14. The molecule has 0 saturated carbocycles. The molecule has 0 spiro atoms. The van der Waals surface area contributed by atoms with Crippen LogP contribution in [0.4, 0.5) is 0 Å². The van der Waals surface area contributed by atoms with Gasteiger partial charge in [-0.25, -0.2) is 4.98 Å². The van der Waals surface area contributed by atoms with E-state index >= 15 is 0 Å². The fraction of sp³-hybridized carbons (Fsp3) is 0.474. The minimum Gasteiger partial charge on any atom is -0.388 e. The van der Waals surface area contributed by atoms with E-state index < -0.39 is 5.60 Å². The van der Waals surface area contributed by atoms with Gasteiger partial charge in [0, 0.05) is 13.0 Å². The highest BCUT2D eigenvalue weighted by molar-refractivity contribution is 7.13. The zero-order chi connectivity index (χ0) is 17.3. The molecule has 3 rings (SSSR count). The molecule has 1 aliphatic rings. The molecule has 2 aromatic rings. The minimum absolute atomic E-state index is 0.00827. The number of aliphatic hydroxyl groups is 1. The van der Waals surface area contributed by atoms with Crippen LogP contribution in [0.3, 0.4) is 0 Å². The van der Waals surface area contributed by atoms with Crippen molar-refractivity contribution in [2.75, 3.05) is 6.54 Å². The average molecular weight is 344 g/mol. The van der Waals surface area contributed by atoms with Crippen molar-refractivity contribution in [1.82, 2.24) is 9.88 Å². The van der Waals surface area contributed by atoms with Gasteiger partial charge in [-0.1, -0.05) is 30.3 Å². The van der Waals surface area contributed by atoms with Crippen molar-refractivity contribution in [3.05, 3.63) is 51.5 Å². The van der Waals surface area contributed by atoms with Crippen molar-refractivity contribution >= 4 is 17.2 Å². The first-order valence-electron chi connectivity index (χ1n) is 8.40. The normalized spacial score (nSPS) is 18.2. The van der Waals surface area contributed by atoms with Gasteiger partial charge in [0.25, 0.3) is 5.91 Å². The Morgan fingerprint density at radius 2 is 2.08 bits per heavy atom. The second kappa shape index (κ2) is 6.65. The molecule has 1 aromatic heterocycles. The number of hydrogen-bond acceptors (Lipinski definition) is 4. The molecule has 2 heterocycles. The van der Waals surface area contributed by atoms with Crippen LogP contribution in [0.2, 0.25) is 0 Å². The van der Waals surface area contributed by atoms with E-state index in [1.807, 2.05) is 30.0 Å². The van der Waals surface area contributed by atoms with Crippen LogP contribution >= 0.6 is 11.3 Å². The second-order valence-electron chi connectivity index (χ2n) is 6.99. The summed E-state index contributed by atoms with van der Waals surface area (Å²) in [7, 11) is 0. The molecule has 1 amide bonds. The Bertz CT molecular complexity index is 719. The van der Waals surface area contributed by atoms with Crippen molar-refractivity contribution in [3.8, 4) is 0 Å². The van der Waals surface area contributed by atoms with Gasteiger partial charge in [-0.2, -0.15) is 0 Å². The number of aromatic nitrogens is 1. The smallest absolute Gasteiger partial charge is 0.266 e. The lowest BCUT2D eigenvalue weighted by molar-refractivity contribution is 0.000479. The summed E-state index contributed by atoms with van der Waals surface area (Å²) in [5.74, 6) is 0.00827. The summed E-state index contributed by atoms with van der Waals surface area (Å²) in [6.07, 6.45) is 2.54. The van der Waals surface area contributed by atoms with Gasteiger partial charge in [0.15, 0.2) is 0 Å². The molecule has 128 valence electrons. The molecule has 1 aromatic carbocycles. The molecule has 4 nitrogen and oxygen atoms in total. The topological polar surface area (TPSA) is 53.4 Å². The van der Waals surface area contributed by atoms with Gasteiger partial charge in [0.2, 0.25) is 0 Å². The van der Waals surface area contributed by atoms with Crippen molar-refractivity contribution < 1.29 is 9.90 Å². The third-order valence-electron chi connectivity index (χ3n) is 4.56. The highest BCUT2D eigenvalue weighted by Gasteiger charge is 2.39. The molecule has 0 aliphatic carbocycles. The Labute approximate surface area is 147 Å². The number of amides is 1. The number of benzene rings is 1. The van der Waals surface area contributed by atoms with Gasteiger partial charge in [0.05, 0.1) is 22.3 Å². The highest BCUT2D eigenvalue weighted by atomic mass is 32.1. The van der Waals surface area contributed by atoms with Gasteiger partial charge < -0.3 is 10.0 Å². The van der Waals surface area contributed by atoms with Crippen LogP contribution in [0.15, 0.2) is 30.3 Å². The third kappa shape index (κ3) is 3.52. The minimum atomic E-state index is -0.877. The van der Waals surface area contributed by atoms with Crippen LogP contribution in [-0.4, -0.2) is 39.1 Å². The lowest BCUT2D eigenvalue weighted by atomic mass is 9.96. The van der Waals surface area contributed by atoms with E-state index in [-0.39, 0.29) is 11.9 Å².